The zero-order chi connectivity index (χ0) is 18.5. The first-order valence-corrected chi connectivity index (χ1v) is 10.8. The van der Waals surface area contributed by atoms with Crippen molar-refractivity contribution in [3.63, 3.8) is 0 Å². The molecule has 1 N–H and O–H groups in total. The molecule has 1 fully saturated rings. The topological polar surface area (TPSA) is 89.5 Å². The van der Waals surface area contributed by atoms with Crippen LogP contribution in [0.5, 0.6) is 0 Å². The predicted molar refractivity (Wildman–Crippen MR) is 97.3 cm³/mol. The van der Waals surface area contributed by atoms with Crippen LogP contribution in [0.2, 0.25) is 0 Å². The molecule has 1 amide bonds. The van der Waals surface area contributed by atoms with E-state index in [9.17, 15) is 18.0 Å². The van der Waals surface area contributed by atoms with E-state index in [4.69, 9.17) is 4.74 Å². The number of benzene rings is 1. The van der Waals surface area contributed by atoms with Gasteiger partial charge in [-0.05, 0) is 32.4 Å². The Labute approximate surface area is 152 Å². The minimum atomic E-state index is -3.10. The number of rotatable bonds is 7. The van der Waals surface area contributed by atoms with E-state index < -0.39 is 27.3 Å². The van der Waals surface area contributed by atoms with Crippen molar-refractivity contribution in [1.29, 1.82) is 0 Å². The summed E-state index contributed by atoms with van der Waals surface area (Å²) < 4.78 is 28.0. The Hall–Kier alpha value is -1.54. The highest BCUT2D eigenvalue weighted by Gasteiger charge is 2.39. The number of nitrogens with one attached hydrogen (secondary N) is 1. The van der Waals surface area contributed by atoms with Crippen LogP contribution in [-0.4, -0.2) is 49.7 Å². The monoisotopic (exact) mass is 385 g/mol. The molecule has 2 rings (SSSR count). The summed E-state index contributed by atoms with van der Waals surface area (Å²) in [6.07, 6.45) is 0.583. The number of thioether (sulfide) groups is 1. The van der Waals surface area contributed by atoms with Gasteiger partial charge in [0.2, 0.25) is 0 Å². The second-order valence-corrected chi connectivity index (χ2v) is 9.88. The molecular weight excluding hydrogens is 362 g/mol. The Morgan fingerprint density at radius 3 is 2.56 bits per heavy atom. The summed E-state index contributed by atoms with van der Waals surface area (Å²) in [7, 11) is -3.10. The summed E-state index contributed by atoms with van der Waals surface area (Å²) in [6.45, 7) is 3.32. The summed E-state index contributed by atoms with van der Waals surface area (Å²) >= 11 is 1.55. The predicted octanol–water partition coefficient (Wildman–Crippen LogP) is 1.71. The Kier molecular flexibility index (Phi) is 6.51. The highest BCUT2D eigenvalue weighted by Crippen LogP contribution is 2.22. The second-order valence-electron chi connectivity index (χ2n) is 6.52. The Morgan fingerprint density at radius 2 is 1.96 bits per heavy atom. The van der Waals surface area contributed by atoms with Crippen LogP contribution in [0.3, 0.4) is 0 Å². The lowest BCUT2D eigenvalue weighted by atomic mass is 10.0. The molecule has 1 saturated heterocycles. The number of carbonyl (C=O) groups excluding carboxylic acids is 2. The van der Waals surface area contributed by atoms with Crippen LogP contribution in [0.4, 0.5) is 0 Å². The molecule has 1 aromatic rings. The van der Waals surface area contributed by atoms with Crippen LogP contribution in [-0.2, 0) is 24.2 Å². The van der Waals surface area contributed by atoms with Crippen molar-refractivity contribution in [2.24, 2.45) is 0 Å². The number of sulfone groups is 1. The SMILES string of the molecule is Cc1ccc(SCCC(=O)OCC(=O)N[C@@]2(C)CCS(=O)(=O)C2)cc1. The smallest absolute Gasteiger partial charge is 0.307 e. The highest BCUT2D eigenvalue weighted by molar-refractivity contribution is 7.99. The molecule has 25 heavy (non-hydrogen) atoms. The van der Waals surface area contributed by atoms with E-state index in [1.807, 2.05) is 31.2 Å². The van der Waals surface area contributed by atoms with Crippen molar-refractivity contribution in [2.75, 3.05) is 23.9 Å². The molecule has 6 nitrogen and oxygen atoms in total. The number of esters is 1. The summed E-state index contributed by atoms with van der Waals surface area (Å²) in [5.74, 6) is -0.357. The van der Waals surface area contributed by atoms with Gasteiger partial charge in [0.25, 0.3) is 5.91 Å². The molecule has 0 unspecified atom stereocenters. The number of hydrogen-bond donors (Lipinski definition) is 1. The zero-order valence-electron chi connectivity index (χ0n) is 14.4. The minimum Gasteiger partial charge on any atom is -0.456 e. The molecule has 1 aliphatic heterocycles. The fourth-order valence-corrected chi connectivity index (χ4v) is 5.51. The van der Waals surface area contributed by atoms with Gasteiger partial charge in [-0.2, -0.15) is 0 Å². The lowest BCUT2D eigenvalue weighted by molar-refractivity contribution is -0.148. The molecule has 1 aliphatic rings. The maximum atomic E-state index is 11.9. The number of carbonyl (C=O) groups is 2. The summed E-state index contributed by atoms with van der Waals surface area (Å²) in [5.41, 5.74) is 0.405. The third kappa shape index (κ3) is 6.70. The van der Waals surface area contributed by atoms with Gasteiger partial charge in [-0.15, -0.1) is 11.8 Å². The molecule has 0 aromatic heterocycles. The van der Waals surface area contributed by atoms with Gasteiger partial charge in [0.05, 0.1) is 23.5 Å². The molecular formula is C17H23NO5S2. The van der Waals surface area contributed by atoms with Crippen LogP contribution in [0.25, 0.3) is 0 Å². The van der Waals surface area contributed by atoms with Gasteiger partial charge in [-0.1, -0.05) is 17.7 Å². The third-order valence-corrected chi connectivity index (χ3v) is 6.82. The number of aryl methyl sites for hydroxylation is 1. The number of hydrogen-bond acceptors (Lipinski definition) is 6. The molecule has 0 radical (unpaired) electrons. The standard InChI is InChI=1S/C17H23NO5S2/c1-13-3-5-14(6-4-13)24-9-7-16(20)23-11-15(19)18-17(2)8-10-25(21,22)12-17/h3-6H,7-12H2,1-2H3,(H,18,19)/t17-/m0/s1. The first-order chi connectivity index (χ1) is 11.7. The second kappa shape index (κ2) is 8.23. The molecule has 0 bridgehead atoms. The third-order valence-electron chi connectivity index (χ3n) is 3.90. The zero-order valence-corrected chi connectivity index (χ0v) is 16.0. The molecule has 138 valence electrons. The average Bonchev–Trinajstić information content (AvgIpc) is 2.80. The molecule has 8 heteroatoms. The van der Waals surface area contributed by atoms with Gasteiger partial charge in [-0.25, -0.2) is 8.42 Å². The van der Waals surface area contributed by atoms with Crippen LogP contribution < -0.4 is 5.32 Å². The quantitative estimate of drug-likeness (QED) is 0.568. The van der Waals surface area contributed by atoms with Gasteiger partial charge in [0.15, 0.2) is 16.4 Å². The Balaban J connectivity index is 1.66. The lowest BCUT2D eigenvalue weighted by Crippen LogP contribution is -2.48. The number of amides is 1. The fourth-order valence-electron chi connectivity index (χ4n) is 2.59. The number of ether oxygens (including phenoxy) is 1. The van der Waals surface area contributed by atoms with Crippen LogP contribution in [0.15, 0.2) is 29.2 Å². The van der Waals surface area contributed by atoms with E-state index in [2.05, 4.69) is 5.32 Å². The molecule has 0 saturated carbocycles. The Bertz CT molecular complexity index is 730. The largest absolute Gasteiger partial charge is 0.456 e. The highest BCUT2D eigenvalue weighted by atomic mass is 32.2. The summed E-state index contributed by atoms with van der Waals surface area (Å²) in [6, 6.07) is 8.01. The van der Waals surface area contributed by atoms with Gasteiger partial charge >= 0.3 is 5.97 Å². The summed E-state index contributed by atoms with van der Waals surface area (Å²) in [4.78, 5) is 24.6. The van der Waals surface area contributed by atoms with E-state index in [1.165, 1.54) is 5.56 Å². The van der Waals surface area contributed by atoms with Crippen LogP contribution in [0, 0.1) is 6.92 Å². The van der Waals surface area contributed by atoms with Gasteiger partial charge in [0, 0.05) is 10.6 Å². The molecule has 0 aliphatic carbocycles. The van der Waals surface area contributed by atoms with E-state index in [-0.39, 0.29) is 24.5 Å². The maximum absolute atomic E-state index is 11.9. The van der Waals surface area contributed by atoms with Crippen molar-refractivity contribution >= 4 is 33.5 Å². The minimum absolute atomic E-state index is 0.0692. The lowest BCUT2D eigenvalue weighted by Gasteiger charge is -2.23. The van der Waals surface area contributed by atoms with Crippen LogP contribution in [0.1, 0.15) is 25.3 Å². The molecule has 1 heterocycles. The Morgan fingerprint density at radius 1 is 1.28 bits per heavy atom. The fraction of sp³-hybridized carbons (Fsp3) is 0.529. The van der Waals surface area contributed by atoms with E-state index in [0.717, 1.165) is 4.90 Å². The van der Waals surface area contributed by atoms with Gasteiger partial charge in [0.1, 0.15) is 0 Å². The average molecular weight is 386 g/mol. The van der Waals surface area contributed by atoms with Crippen molar-refractivity contribution in [2.45, 2.75) is 37.1 Å². The van der Waals surface area contributed by atoms with Crippen molar-refractivity contribution in [1.82, 2.24) is 5.32 Å². The normalized spacial score (nSPS) is 21.7. The molecule has 1 atom stereocenters. The van der Waals surface area contributed by atoms with Gasteiger partial charge in [-0.3, -0.25) is 9.59 Å². The van der Waals surface area contributed by atoms with E-state index in [1.54, 1.807) is 18.7 Å². The first-order valence-electron chi connectivity index (χ1n) is 8.04. The maximum Gasteiger partial charge on any atom is 0.307 e. The van der Waals surface area contributed by atoms with E-state index >= 15 is 0 Å². The van der Waals surface area contributed by atoms with E-state index in [0.29, 0.717) is 12.2 Å². The van der Waals surface area contributed by atoms with Gasteiger partial charge < -0.3 is 10.1 Å². The van der Waals surface area contributed by atoms with Crippen LogP contribution >= 0.6 is 11.8 Å². The van der Waals surface area contributed by atoms with Crippen molar-refractivity contribution < 1.29 is 22.7 Å². The summed E-state index contributed by atoms with van der Waals surface area (Å²) in [5, 5.41) is 2.65. The van der Waals surface area contributed by atoms with Crippen molar-refractivity contribution in [3.05, 3.63) is 29.8 Å². The molecule has 0 spiro atoms. The molecule has 1 aromatic carbocycles. The van der Waals surface area contributed by atoms with Crippen molar-refractivity contribution in [3.8, 4) is 0 Å². The first kappa shape index (κ1) is 19.8.